The van der Waals surface area contributed by atoms with Crippen LogP contribution in [0.2, 0.25) is 5.15 Å². The van der Waals surface area contributed by atoms with Crippen molar-refractivity contribution in [2.75, 3.05) is 32.7 Å². The molecule has 5 heteroatoms. The third kappa shape index (κ3) is 2.74. The van der Waals surface area contributed by atoms with Crippen LogP contribution in [0.3, 0.4) is 0 Å². The lowest BCUT2D eigenvalue weighted by Crippen LogP contribution is -2.48. The van der Waals surface area contributed by atoms with Crippen LogP contribution in [0.4, 0.5) is 0 Å². The van der Waals surface area contributed by atoms with Crippen molar-refractivity contribution in [2.24, 2.45) is 0 Å². The fourth-order valence-corrected chi connectivity index (χ4v) is 2.98. The van der Waals surface area contributed by atoms with Crippen molar-refractivity contribution < 1.29 is 4.79 Å². The Morgan fingerprint density at radius 3 is 2.52 bits per heavy atom. The maximum atomic E-state index is 12.7. The molecule has 0 spiro atoms. The minimum absolute atomic E-state index is 0.0473. The molecule has 1 aromatic heterocycles. The number of aromatic nitrogens is 1. The van der Waals surface area contributed by atoms with Crippen LogP contribution in [0.15, 0.2) is 30.5 Å². The van der Waals surface area contributed by atoms with E-state index in [2.05, 4.69) is 16.8 Å². The lowest BCUT2D eigenvalue weighted by atomic mass is 10.1. The second kappa shape index (κ2) is 6.00. The SMILES string of the molecule is CCN1CCN(C(=O)c2cnc(Cl)c3ccccc23)CC1. The van der Waals surface area contributed by atoms with Gasteiger partial charge in [-0.25, -0.2) is 4.98 Å². The third-order valence-electron chi connectivity index (χ3n) is 4.08. The van der Waals surface area contributed by atoms with Crippen LogP contribution in [0.1, 0.15) is 17.3 Å². The van der Waals surface area contributed by atoms with Gasteiger partial charge in [-0.2, -0.15) is 0 Å². The minimum atomic E-state index is 0.0473. The molecule has 0 unspecified atom stereocenters. The number of carbonyl (C=O) groups excluding carboxylic acids is 1. The van der Waals surface area contributed by atoms with Gasteiger partial charge in [0.2, 0.25) is 0 Å². The molecule has 1 aromatic carbocycles. The number of rotatable bonds is 2. The van der Waals surface area contributed by atoms with Crippen LogP contribution in [-0.2, 0) is 0 Å². The molecule has 2 heterocycles. The molecule has 21 heavy (non-hydrogen) atoms. The van der Waals surface area contributed by atoms with Crippen LogP contribution in [0.25, 0.3) is 10.8 Å². The molecule has 0 N–H and O–H groups in total. The summed E-state index contributed by atoms with van der Waals surface area (Å²) in [7, 11) is 0. The number of benzene rings is 1. The van der Waals surface area contributed by atoms with E-state index in [9.17, 15) is 4.79 Å². The van der Waals surface area contributed by atoms with E-state index in [4.69, 9.17) is 11.6 Å². The number of nitrogens with zero attached hydrogens (tertiary/aromatic N) is 3. The van der Waals surface area contributed by atoms with Crippen molar-refractivity contribution in [3.8, 4) is 0 Å². The predicted molar refractivity (Wildman–Crippen MR) is 84.8 cm³/mol. The second-order valence-corrected chi connectivity index (χ2v) is 5.59. The maximum absolute atomic E-state index is 12.7. The highest BCUT2D eigenvalue weighted by molar-refractivity contribution is 6.34. The molecule has 1 amide bonds. The van der Waals surface area contributed by atoms with Gasteiger partial charge in [0.25, 0.3) is 5.91 Å². The average molecular weight is 304 g/mol. The Labute approximate surface area is 129 Å². The monoisotopic (exact) mass is 303 g/mol. The first-order valence-corrected chi connectivity index (χ1v) is 7.63. The highest BCUT2D eigenvalue weighted by Gasteiger charge is 2.23. The smallest absolute Gasteiger partial charge is 0.256 e. The zero-order valence-electron chi connectivity index (χ0n) is 12.1. The van der Waals surface area contributed by atoms with Gasteiger partial charge in [0.05, 0.1) is 5.56 Å². The van der Waals surface area contributed by atoms with Crippen LogP contribution in [0.5, 0.6) is 0 Å². The number of likely N-dealkylation sites (N-methyl/N-ethyl adjacent to an activating group) is 1. The summed E-state index contributed by atoms with van der Waals surface area (Å²) in [6, 6.07) is 7.66. The van der Waals surface area contributed by atoms with Crippen LogP contribution in [-0.4, -0.2) is 53.4 Å². The molecule has 2 aromatic rings. The van der Waals surface area contributed by atoms with E-state index in [0.29, 0.717) is 10.7 Å². The van der Waals surface area contributed by atoms with Crippen molar-refractivity contribution >= 4 is 28.3 Å². The first-order chi connectivity index (χ1) is 10.2. The highest BCUT2D eigenvalue weighted by Crippen LogP contribution is 2.25. The lowest BCUT2D eigenvalue weighted by molar-refractivity contribution is 0.0645. The third-order valence-corrected chi connectivity index (χ3v) is 4.38. The van der Waals surface area contributed by atoms with Gasteiger partial charge in [0.1, 0.15) is 5.15 Å². The van der Waals surface area contributed by atoms with E-state index in [0.717, 1.165) is 43.5 Å². The van der Waals surface area contributed by atoms with Gasteiger partial charge in [0.15, 0.2) is 0 Å². The van der Waals surface area contributed by atoms with E-state index in [1.54, 1.807) is 6.20 Å². The Morgan fingerprint density at radius 2 is 1.86 bits per heavy atom. The van der Waals surface area contributed by atoms with Gasteiger partial charge in [-0.15, -0.1) is 0 Å². The van der Waals surface area contributed by atoms with Crippen molar-refractivity contribution in [2.45, 2.75) is 6.92 Å². The molecule has 0 saturated carbocycles. The topological polar surface area (TPSA) is 36.4 Å². The molecule has 4 nitrogen and oxygen atoms in total. The highest BCUT2D eigenvalue weighted by atomic mass is 35.5. The Hall–Kier alpha value is -1.65. The van der Waals surface area contributed by atoms with Crippen LogP contribution >= 0.6 is 11.6 Å². The molecular weight excluding hydrogens is 286 g/mol. The first-order valence-electron chi connectivity index (χ1n) is 7.25. The summed E-state index contributed by atoms with van der Waals surface area (Å²) in [5.74, 6) is 0.0473. The second-order valence-electron chi connectivity index (χ2n) is 5.23. The number of hydrogen-bond acceptors (Lipinski definition) is 3. The zero-order valence-corrected chi connectivity index (χ0v) is 12.8. The maximum Gasteiger partial charge on any atom is 0.256 e. The molecule has 0 aliphatic carbocycles. The summed E-state index contributed by atoms with van der Waals surface area (Å²) in [6.45, 7) is 6.58. The van der Waals surface area contributed by atoms with Crippen molar-refractivity contribution in [1.82, 2.24) is 14.8 Å². The van der Waals surface area contributed by atoms with Gasteiger partial charge in [-0.05, 0) is 11.9 Å². The van der Waals surface area contributed by atoms with Crippen molar-refractivity contribution in [1.29, 1.82) is 0 Å². The van der Waals surface area contributed by atoms with Gasteiger partial charge < -0.3 is 9.80 Å². The number of piperazine rings is 1. The van der Waals surface area contributed by atoms with Crippen LogP contribution < -0.4 is 0 Å². The Morgan fingerprint density at radius 1 is 1.19 bits per heavy atom. The normalized spacial score (nSPS) is 16.4. The summed E-state index contributed by atoms with van der Waals surface area (Å²) >= 11 is 6.11. The van der Waals surface area contributed by atoms with E-state index in [1.807, 2.05) is 29.2 Å². The summed E-state index contributed by atoms with van der Waals surface area (Å²) in [5.41, 5.74) is 0.639. The standard InChI is InChI=1S/C16H18ClN3O/c1-2-19-7-9-20(10-8-19)16(21)14-11-18-15(17)13-6-4-3-5-12(13)14/h3-6,11H,2,7-10H2,1H3. The van der Waals surface area contributed by atoms with Crippen molar-refractivity contribution in [3.63, 3.8) is 0 Å². The number of pyridine rings is 1. The van der Waals surface area contributed by atoms with Crippen LogP contribution in [0, 0.1) is 0 Å². The molecule has 1 aliphatic heterocycles. The summed E-state index contributed by atoms with van der Waals surface area (Å²) in [5, 5.41) is 2.15. The van der Waals surface area contributed by atoms with E-state index in [1.165, 1.54) is 0 Å². The van der Waals surface area contributed by atoms with E-state index < -0.39 is 0 Å². The number of amides is 1. The van der Waals surface area contributed by atoms with Gasteiger partial charge in [-0.1, -0.05) is 42.8 Å². The summed E-state index contributed by atoms with van der Waals surface area (Å²) in [6.07, 6.45) is 1.60. The van der Waals surface area contributed by atoms with Gasteiger partial charge in [-0.3, -0.25) is 4.79 Å². The van der Waals surface area contributed by atoms with E-state index >= 15 is 0 Å². The molecule has 110 valence electrons. The minimum Gasteiger partial charge on any atom is -0.336 e. The van der Waals surface area contributed by atoms with Gasteiger partial charge >= 0.3 is 0 Å². The lowest BCUT2D eigenvalue weighted by Gasteiger charge is -2.34. The molecule has 0 radical (unpaired) electrons. The summed E-state index contributed by atoms with van der Waals surface area (Å²) < 4.78 is 0. The number of fused-ring (bicyclic) bond motifs is 1. The molecule has 3 rings (SSSR count). The quantitative estimate of drug-likeness (QED) is 0.800. The van der Waals surface area contributed by atoms with E-state index in [-0.39, 0.29) is 5.91 Å². The Bertz CT molecular complexity index is 666. The fraction of sp³-hybridized carbons (Fsp3) is 0.375. The van der Waals surface area contributed by atoms with Gasteiger partial charge in [0, 0.05) is 37.8 Å². The molecule has 1 aliphatic rings. The molecule has 1 fully saturated rings. The Balaban J connectivity index is 1.90. The molecule has 1 saturated heterocycles. The number of halogens is 1. The first kappa shape index (κ1) is 14.3. The predicted octanol–water partition coefficient (Wildman–Crippen LogP) is 2.67. The molecular formula is C16H18ClN3O. The summed E-state index contributed by atoms with van der Waals surface area (Å²) in [4.78, 5) is 21.2. The molecule has 0 bridgehead atoms. The zero-order chi connectivity index (χ0) is 14.8. The number of hydrogen-bond donors (Lipinski definition) is 0. The van der Waals surface area contributed by atoms with Crippen molar-refractivity contribution in [3.05, 3.63) is 41.2 Å². The molecule has 0 atom stereocenters. The fourth-order valence-electron chi connectivity index (χ4n) is 2.77. The largest absolute Gasteiger partial charge is 0.336 e. The number of carbonyl (C=O) groups is 1. The average Bonchev–Trinajstić information content (AvgIpc) is 2.55. The Kier molecular flexibility index (Phi) is 4.08.